The van der Waals surface area contributed by atoms with Crippen LogP contribution in [0.4, 0.5) is 11.4 Å². The standard InChI is InChI=1S/2C27H35N5O3/c2*1-25(2)10-8-17(9-11-25)22-21(32-24(34)23-29-15-19(14-28)30-23)7-6-20(31-22)18-12-26(3,4)35-27(5,13-18)16-33/h2*6-8,15,18,33H,9-13,16H2,1-5H3,(H,29,30)(H,32,34)/i8D,9D2,11D;8D,9D2,10D. The molecule has 70 heavy (non-hydrogen) atoms. The third-order valence-electron chi connectivity index (χ3n) is 12.7. The first-order valence-corrected chi connectivity index (χ1v) is 23.5. The van der Waals surface area contributed by atoms with E-state index in [0.29, 0.717) is 37.1 Å². The van der Waals surface area contributed by atoms with Crippen LogP contribution < -0.4 is 10.6 Å². The normalized spacial score (nSPS) is 30.9. The van der Waals surface area contributed by atoms with Gasteiger partial charge in [0.05, 0.1) is 73.5 Å². The molecule has 6 atom stereocenters. The van der Waals surface area contributed by atoms with Crippen LogP contribution in [0.25, 0.3) is 11.1 Å². The van der Waals surface area contributed by atoms with Gasteiger partial charge >= 0.3 is 0 Å². The number of aliphatic hydroxyl groups is 2. The smallest absolute Gasteiger partial charge is 0.291 e. The minimum Gasteiger partial charge on any atom is -0.393 e. The Labute approximate surface area is 423 Å². The van der Waals surface area contributed by atoms with Crippen molar-refractivity contribution in [3.63, 3.8) is 0 Å². The molecule has 2 aliphatic heterocycles. The average Bonchev–Trinajstić information content (AvgIpc) is 4.06. The second-order valence-corrected chi connectivity index (χ2v) is 21.8. The number of rotatable bonds is 10. The van der Waals surface area contributed by atoms with E-state index < -0.39 is 70.6 Å². The lowest BCUT2D eigenvalue weighted by atomic mass is 9.77. The molecule has 0 aromatic carbocycles. The number of amides is 2. The summed E-state index contributed by atoms with van der Waals surface area (Å²) in [6.45, 7) is 18.2. The van der Waals surface area contributed by atoms with Crippen LogP contribution in [-0.2, 0) is 9.47 Å². The third-order valence-corrected chi connectivity index (χ3v) is 12.7. The topological polar surface area (TPSA) is 248 Å². The Bertz CT molecular complexity index is 3140. The highest BCUT2D eigenvalue weighted by molar-refractivity contribution is 6.04. The number of aromatic nitrogens is 6. The van der Waals surface area contributed by atoms with Crippen molar-refractivity contribution in [2.75, 3.05) is 23.8 Å². The highest BCUT2D eigenvalue weighted by atomic mass is 16.5. The first-order chi connectivity index (χ1) is 36.0. The minimum atomic E-state index is -2.23. The zero-order valence-electron chi connectivity index (χ0n) is 49.6. The molecule has 0 bridgehead atoms. The molecule has 2 amide bonds. The van der Waals surface area contributed by atoms with Crippen molar-refractivity contribution in [2.24, 2.45) is 10.8 Å². The van der Waals surface area contributed by atoms with Crippen LogP contribution >= 0.6 is 0 Å². The lowest BCUT2D eigenvalue weighted by molar-refractivity contribution is -0.187. The van der Waals surface area contributed by atoms with Crippen LogP contribution in [0.15, 0.2) is 48.8 Å². The van der Waals surface area contributed by atoms with Gasteiger partial charge < -0.3 is 40.3 Å². The van der Waals surface area contributed by atoms with Gasteiger partial charge in [-0.25, -0.2) is 9.97 Å². The highest BCUT2D eigenvalue weighted by Gasteiger charge is 2.44. The number of allylic oxidation sites excluding steroid dienone is 4. The fraction of sp³-hybridized carbons (Fsp3) is 0.556. The summed E-state index contributed by atoms with van der Waals surface area (Å²) in [4.78, 5) is 48.8. The van der Waals surface area contributed by atoms with Crippen molar-refractivity contribution in [3.8, 4) is 12.1 Å². The molecular formula is C54H70N10O6. The average molecular weight is 963 g/mol. The zero-order valence-corrected chi connectivity index (χ0v) is 41.6. The molecule has 2 fully saturated rings. The predicted molar refractivity (Wildman–Crippen MR) is 267 cm³/mol. The number of ether oxygens (including phenoxy) is 2. The molecule has 0 radical (unpaired) electrons. The molecular weight excluding hydrogens is 885 g/mol. The molecule has 6 N–H and O–H groups in total. The van der Waals surface area contributed by atoms with Crippen LogP contribution in [0, 0.1) is 33.5 Å². The van der Waals surface area contributed by atoms with E-state index in [0.717, 1.165) is 0 Å². The summed E-state index contributed by atoms with van der Waals surface area (Å²) in [6.07, 6.45) is -1.60. The fourth-order valence-electron chi connectivity index (χ4n) is 9.50. The summed E-state index contributed by atoms with van der Waals surface area (Å²) in [5.74, 6) is -1.80. The number of hydrogen-bond donors (Lipinski definition) is 6. The number of carbonyl (C=O) groups excluding carboxylic acids is 2. The minimum absolute atomic E-state index is 0.00176. The maximum absolute atomic E-state index is 13.0. The monoisotopic (exact) mass is 963 g/mol. The van der Waals surface area contributed by atoms with Gasteiger partial charge in [0.2, 0.25) is 0 Å². The fourth-order valence-corrected chi connectivity index (χ4v) is 9.50. The SMILES string of the molecule is [2H]C1=C(c2nc(C3CC(C)(C)OC(C)(CO)C3)ccc2NC(=O)c2ncc(C#N)[nH]2)C([2H])([2H])C([2H])C(C)(C)C1.[2H]C1=C(c2nc(C3CC(C)(C)OC(C)(CO)C3)ccc2NC(=O)c2ncc(C#N)[nH]2)C([2H])([2H])CC(C)(C)C1[2H]. The predicted octanol–water partition coefficient (Wildman–Crippen LogP) is 9.89. The number of pyridine rings is 2. The molecule has 6 heterocycles. The van der Waals surface area contributed by atoms with Crippen molar-refractivity contribution >= 4 is 34.3 Å². The second-order valence-electron chi connectivity index (χ2n) is 21.8. The van der Waals surface area contributed by atoms with Crippen molar-refractivity contribution in [1.82, 2.24) is 29.9 Å². The Kier molecular flexibility index (Phi) is 11.9. The van der Waals surface area contributed by atoms with Gasteiger partial charge in [0.15, 0.2) is 11.6 Å². The van der Waals surface area contributed by atoms with E-state index in [1.807, 2.05) is 53.7 Å². The Balaban J connectivity index is 0.000000226. The lowest BCUT2D eigenvalue weighted by Crippen LogP contribution is -2.48. The van der Waals surface area contributed by atoms with Gasteiger partial charge in [0.1, 0.15) is 23.5 Å². The number of nitrogens with one attached hydrogen (secondary N) is 4. The summed E-state index contributed by atoms with van der Waals surface area (Å²) in [7, 11) is 0. The first kappa shape index (κ1) is 41.7. The van der Waals surface area contributed by atoms with Crippen LogP contribution in [0.3, 0.4) is 0 Å². The quantitative estimate of drug-likeness (QED) is 0.0869. The number of H-pyrrole nitrogens is 2. The number of carbonyl (C=O) groups is 2. The maximum Gasteiger partial charge on any atom is 0.291 e. The van der Waals surface area contributed by atoms with Gasteiger partial charge in [-0.05, 0) is 152 Å². The second kappa shape index (κ2) is 20.0. The Morgan fingerprint density at radius 1 is 0.714 bits per heavy atom. The Morgan fingerprint density at radius 3 is 1.60 bits per heavy atom. The highest BCUT2D eigenvalue weighted by Crippen LogP contribution is 2.47. The number of aliphatic hydroxyl groups excluding tert-OH is 2. The van der Waals surface area contributed by atoms with Gasteiger partial charge in [-0.1, -0.05) is 39.8 Å². The van der Waals surface area contributed by atoms with Crippen LogP contribution in [0.5, 0.6) is 0 Å². The van der Waals surface area contributed by atoms with E-state index in [2.05, 4.69) is 30.6 Å². The summed E-state index contributed by atoms with van der Waals surface area (Å²) >= 11 is 0. The largest absolute Gasteiger partial charge is 0.393 e. The first-order valence-electron chi connectivity index (χ1n) is 27.6. The molecule has 8 rings (SSSR count). The van der Waals surface area contributed by atoms with Crippen molar-refractivity contribution in [3.05, 3.63) is 94.6 Å². The molecule has 4 aliphatic rings. The van der Waals surface area contributed by atoms with Crippen LogP contribution in [-0.4, -0.2) is 87.5 Å². The van der Waals surface area contributed by atoms with Crippen molar-refractivity contribution in [2.45, 2.75) is 168 Å². The summed E-state index contributed by atoms with van der Waals surface area (Å²) in [6, 6.07) is 10.3. The summed E-state index contributed by atoms with van der Waals surface area (Å²) < 4.78 is 82.8. The van der Waals surface area contributed by atoms with E-state index in [9.17, 15) is 19.8 Å². The van der Waals surface area contributed by atoms with E-state index in [1.165, 1.54) is 12.4 Å². The van der Waals surface area contributed by atoms with Crippen LogP contribution in [0.1, 0.15) is 212 Å². The van der Waals surface area contributed by atoms with E-state index in [1.54, 1.807) is 52.0 Å². The number of imidazole rings is 2. The Morgan fingerprint density at radius 2 is 1.17 bits per heavy atom. The molecule has 372 valence electrons. The summed E-state index contributed by atoms with van der Waals surface area (Å²) in [5.41, 5.74) is -2.34. The van der Waals surface area contributed by atoms with Gasteiger partial charge in [0, 0.05) is 31.4 Å². The number of anilines is 2. The number of nitriles is 2. The molecule has 16 nitrogen and oxygen atoms in total. The lowest BCUT2D eigenvalue weighted by Gasteiger charge is -2.46. The summed E-state index contributed by atoms with van der Waals surface area (Å²) in [5, 5.41) is 43.6. The molecule has 2 aliphatic carbocycles. The van der Waals surface area contributed by atoms with Gasteiger partial charge in [-0.3, -0.25) is 19.6 Å². The Hall–Kier alpha value is -6.04. The molecule has 6 unspecified atom stereocenters. The zero-order chi connectivity index (χ0) is 57.9. The number of hydrogen-bond acceptors (Lipinski definition) is 12. The van der Waals surface area contributed by atoms with E-state index in [4.69, 9.17) is 40.9 Å². The molecule has 0 spiro atoms. The molecule has 16 heteroatoms. The number of aromatic amines is 2. The van der Waals surface area contributed by atoms with Crippen molar-refractivity contribution in [1.29, 1.82) is 10.5 Å². The van der Waals surface area contributed by atoms with E-state index >= 15 is 0 Å². The maximum atomic E-state index is 13.0. The molecule has 2 saturated heterocycles. The van der Waals surface area contributed by atoms with Gasteiger partial charge in [-0.15, -0.1) is 0 Å². The molecule has 0 saturated carbocycles. The van der Waals surface area contributed by atoms with Crippen molar-refractivity contribution < 1.29 is 40.2 Å². The van der Waals surface area contributed by atoms with Gasteiger partial charge in [0.25, 0.3) is 11.8 Å². The van der Waals surface area contributed by atoms with Gasteiger partial charge in [-0.2, -0.15) is 10.5 Å². The molecule has 4 aromatic heterocycles. The van der Waals surface area contributed by atoms with E-state index in [-0.39, 0.29) is 107 Å². The number of nitrogens with zero attached hydrogens (tertiary/aromatic N) is 6. The molecule has 4 aromatic rings. The third kappa shape index (κ3) is 12.5. The van der Waals surface area contributed by atoms with Crippen LogP contribution in [0.2, 0.25) is 0 Å².